The van der Waals surface area contributed by atoms with Gasteiger partial charge in [0.2, 0.25) is 0 Å². The fourth-order valence-corrected chi connectivity index (χ4v) is 4.46. The molecule has 0 aliphatic carbocycles. The largest absolute Gasteiger partial charge is 0.369 e. The Labute approximate surface area is 172 Å². The standard InChI is InChI=1S/C24H40N2S/c1-10-19(11-2)17-26(13-4)22-20(25-9)15-14-16-21(22)27-18-24(7,8)23(5,6)12-3/h12,14-16,19H,3,9-11,13,17-18H2,1-2,4-8H3. The van der Waals surface area contributed by atoms with Gasteiger partial charge in [-0.05, 0) is 42.5 Å². The molecule has 0 saturated heterocycles. The van der Waals surface area contributed by atoms with E-state index in [9.17, 15) is 0 Å². The smallest absolute Gasteiger partial charge is 0.0867 e. The predicted molar refractivity (Wildman–Crippen MR) is 126 cm³/mol. The summed E-state index contributed by atoms with van der Waals surface area (Å²) in [7, 11) is 0. The summed E-state index contributed by atoms with van der Waals surface area (Å²) in [5.41, 5.74) is 2.46. The van der Waals surface area contributed by atoms with Gasteiger partial charge in [-0.25, -0.2) is 0 Å². The van der Waals surface area contributed by atoms with E-state index in [1.165, 1.54) is 23.4 Å². The summed E-state index contributed by atoms with van der Waals surface area (Å²) in [4.78, 5) is 8.15. The molecule has 0 aliphatic heterocycles. The number of hydrogen-bond donors (Lipinski definition) is 0. The molecule has 0 bridgehead atoms. The lowest BCUT2D eigenvalue weighted by atomic mass is 9.69. The number of rotatable bonds is 12. The van der Waals surface area contributed by atoms with Crippen LogP contribution in [-0.4, -0.2) is 25.6 Å². The second-order valence-corrected chi connectivity index (χ2v) is 9.62. The highest BCUT2D eigenvalue weighted by Gasteiger charge is 2.34. The van der Waals surface area contributed by atoms with Crippen molar-refractivity contribution in [3.63, 3.8) is 0 Å². The molecule has 1 aromatic carbocycles. The van der Waals surface area contributed by atoms with Crippen molar-refractivity contribution in [1.29, 1.82) is 0 Å². The van der Waals surface area contributed by atoms with E-state index in [1.54, 1.807) is 0 Å². The van der Waals surface area contributed by atoms with Gasteiger partial charge in [0.15, 0.2) is 0 Å². The van der Waals surface area contributed by atoms with Gasteiger partial charge in [0.25, 0.3) is 0 Å². The lowest BCUT2D eigenvalue weighted by Crippen LogP contribution is -2.33. The zero-order valence-electron chi connectivity index (χ0n) is 18.6. The number of para-hydroxylation sites is 1. The van der Waals surface area contributed by atoms with Gasteiger partial charge in [-0.15, -0.1) is 18.3 Å². The molecule has 0 spiro atoms. The number of benzene rings is 1. The van der Waals surface area contributed by atoms with Crippen molar-refractivity contribution in [2.24, 2.45) is 21.7 Å². The van der Waals surface area contributed by atoms with Crippen LogP contribution in [0.5, 0.6) is 0 Å². The second kappa shape index (κ2) is 10.4. The summed E-state index contributed by atoms with van der Waals surface area (Å²) in [6.45, 7) is 26.0. The molecule has 0 unspecified atom stereocenters. The van der Waals surface area contributed by atoms with Gasteiger partial charge in [0, 0.05) is 23.7 Å². The molecule has 152 valence electrons. The lowest BCUT2D eigenvalue weighted by molar-refractivity contribution is 0.200. The van der Waals surface area contributed by atoms with Crippen LogP contribution in [-0.2, 0) is 0 Å². The predicted octanol–water partition coefficient (Wildman–Crippen LogP) is 7.61. The van der Waals surface area contributed by atoms with Gasteiger partial charge in [0.1, 0.15) is 0 Å². The number of thioether (sulfide) groups is 1. The van der Waals surface area contributed by atoms with E-state index >= 15 is 0 Å². The summed E-state index contributed by atoms with van der Waals surface area (Å²) >= 11 is 1.93. The van der Waals surface area contributed by atoms with Crippen LogP contribution in [0.1, 0.15) is 61.3 Å². The minimum atomic E-state index is 0.0778. The Morgan fingerprint density at radius 2 is 1.78 bits per heavy atom. The summed E-state index contributed by atoms with van der Waals surface area (Å²) in [5.74, 6) is 1.74. The molecule has 0 radical (unpaired) electrons. The number of hydrogen-bond acceptors (Lipinski definition) is 3. The lowest BCUT2D eigenvalue weighted by Gasteiger charge is -2.39. The third kappa shape index (κ3) is 5.88. The van der Waals surface area contributed by atoms with Crippen molar-refractivity contribution >= 4 is 29.9 Å². The van der Waals surface area contributed by atoms with E-state index in [4.69, 9.17) is 0 Å². The van der Waals surface area contributed by atoms with Crippen molar-refractivity contribution in [3.8, 4) is 0 Å². The van der Waals surface area contributed by atoms with Crippen LogP contribution >= 0.6 is 11.8 Å². The Kier molecular flexibility index (Phi) is 9.14. The van der Waals surface area contributed by atoms with E-state index in [-0.39, 0.29) is 10.8 Å². The number of aliphatic imine (C=N–C) groups is 1. The van der Waals surface area contributed by atoms with Gasteiger partial charge >= 0.3 is 0 Å². The molecule has 2 nitrogen and oxygen atoms in total. The maximum atomic E-state index is 4.35. The van der Waals surface area contributed by atoms with E-state index in [0.717, 1.165) is 24.5 Å². The Bertz CT molecular complexity index is 615. The molecule has 0 atom stereocenters. The van der Waals surface area contributed by atoms with Crippen LogP contribution in [0.3, 0.4) is 0 Å². The van der Waals surface area contributed by atoms with E-state index in [2.05, 4.69) is 95.9 Å². The summed E-state index contributed by atoms with van der Waals surface area (Å²) in [5, 5.41) is 0. The Morgan fingerprint density at radius 3 is 2.26 bits per heavy atom. The van der Waals surface area contributed by atoms with Gasteiger partial charge in [0.05, 0.1) is 11.4 Å². The van der Waals surface area contributed by atoms with E-state index in [1.807, 2.05) is 11.8 Å². The third-order valence-corrected chi connectivity index (χ3v) is 7.83. The van der Waals surface area contributed by atoms with Crippen molar-refractivity contribution in [3.05, 3.63) is 30.9 Å². The first-order valence-corrected chi connectivity index (χ1v) is 11.3. The quantitative estimate of drug-likeness (QED) is 0.208. The fraction of sp³-hybridized carbons (Fsp3) is 0.625. The molecule has 0 fully saturated rings. The summed E-state index contributed by atoms with van der Waals surface area (Å²) in [6, 6.07) is 6.43. The normalized spacial score (nSPS) is 12.3. The van der Waals surface area contributed by atoms with Crippen LogP contribution in [0.15, 0.2) is 40.7 Å². The van der Waals surface area contributed by atoms with Crippen molar-refractivity contribution in [1.82, 2.24) is 0 Å². The molecule has 27 heavy (non-hydrogen) atoms. The Hall–Kier alpha value is -1.22. The average molecular weight is 389 g/mol. The highest BCUT2D eigenvalue weighted by molar-refractivity contribution is 7.99. The molecular weight excluding hydrogens is 348 g/mol. The topological polar surface area (TPSA) is 15.6 Å². The molecular formula is C24H40N2S. The SMILES string of the molecule is C=CC(C)(C)C(C)(C)CSc1cccc(N=C)c1N(CC)CC(CC)CC. The maximum absolute atomic E-state index is 4.35. The second-order valence-electron chi connectivity index (χ2n) is 8.60. The van der Waals surface area contributed by atoms with Gasteiger partial charge in [-0.3, -0.25) is 4.99 Å². The first-order chi connectivity index (χ1) is 12.7. The number of allylic oxidation sites excluding steroid dienone is 1. The monoisotopic (exact) mass is 388 g/mol. The molecule has 0 N–H and O–H groups in total. The Balaban J connectivity index is 3.21. The van der Waals surface area contributed by atoms with Crippen LogP contribution in [0.4, 0.5) is 11.4 Å². The molecule has 3 heteroatoms. The minimum Gasteiger partial charge on any atom is -0.369 e. The van der Waals surface area contributed by atoms with Crippen molar-refractivity contribution in [2.75, 3.05) is 23.7 Å². The van der Waals surface area contributed by atoms with Crippen LogP contribution < -0.4 is 4.90 Å². The zero-order valence-corrected chi connectivity index (χ0v) is 19.5. The zero-order chi connectivity index (χ0) is 20.7. The minimum absolute atomic E-state index is 0.0778. The third-order valence-electron chi connectivity index (χ3n) is 6.32. The highest BCUT2D eigenvalue weighted by atomic mass is 32.2. The molecule has 0 aliphatic rings. The summed E-state index contributed by atoms with van der Waals surface area (Å²) in [6.07, 6.45) is 4.50. The maximum Gasteiger partial charge on any atom is 0.0867 e. The number of anilines is 1. The molecule has 1 aromatic rings. The first kappa shape index (κ1) is 23.8. The van der Waals surface area contributed by atoms with Gasteiger partial charge < -0.3 is 4.90 Å². The van der Waals surface area contributed by atoms with Crippen molar-refractivity contribution in [2.45, 2.75) is 66.2 Å². The molecule has 0 heterocycles. The Morgan fingerprint density at radius 1 is 1.15 bits per heavy atom. The molecule has 0 aromatic heterocycles. The van der Waals surface area contributed by atoms with Crippen LogP contribution in [0.2, 0.25) is 0 Å². The van der Waals surface area contributed by atoms with Crippen LogP contribution in [0.25, 0.3) is 0 Å². The average Bonchev–Trinajstić information content (AvgIpc) is 2.67. The first-order valence-electron chi connectivity index (χ1n) is 10.3. The summed E-state index contributed by atoms with van der Waals surface area (Å²) < 4.78 is 0. The van der Waals surface area contributed by atoms with E-state index in [0.29, 0.717) is 5.92 Å². The van der Waals surface area contributed by atoms with Gasteiger partial charge in [-0.2, -0.15) is 0 Å². The number of nitrogens with zero attached hydrogens (tertiary/aromatic N) is 2. The highest BCUT2D eigenvalue weighted by Crippen LogP contribution is 2.46. The fourth-order valence-electron chi connectivity index (χ4n) is 3.03. The molecule has 1 rings (SSSR count). The molecule has 0 saturated carbocycles. The van der Waals surface area contributed by atoms with Crippen molar-refractivity contribution < 1.29 is 0 Å². The van der Waals surface area contributed by atoms with E-state index < -0.39 is 0 Å². The van der Waals surface area contributed by atoms with Crippen LogP contribution in [0, 0.1) is 16.7 Å². The van der Waals surface area contributed by atoms with Gasteiger partial charge in [-0.1, -0.05) is 66.5 Å². The molecule has 0 amide bonds.